The second-order valence-electron chi connectivity index (χ2n) is 6.20. The number of hydrogen-bond donors (Lipinski definition) is 2. The average Bonchev–Trinajstić information content (AvgIpc) is 3.09. The van der Waals surface area contributed by atoms with E-state index in [1.165, 1.54) is 30.0 Å². The van der Waals surface area contributed by atoms with Crippen LogP contribution in [0.4, 0.5) is 15.8 Å². The van der Waals surface area contributed by atoms with Gasteiger partial charge in [0.05, 0.1) is 22.9 Å². The lowest BCUT2D eigenvalue weighted by Gasteiger charge is -2.09. The number of nitrogens with zero attached hydrogens (tertiary/aromatic N) is 3. The lowest BCUT2D eigenvalue weighted by molar-refractivity contribution is -0.116. The fraction of sp³-hybridized carbons (Fsp3) is 0.200. The molecule has 7 nitrogen and oxygen atoms in total. The summed E-state index contributed by atoms with van der Waals surface area (Å²) in [5.41, 5.74) is 0.907. The van der Waals surface area contributed by atoms with Crippen molar-refractivity contribution in [2.24, 2.45) is 0 Å². The third-order valence-electron chi connectivity index (χ3n) is 4.02. The van der Waals surface area contributed by atoms with Gasteiger partial charge in [-0.25, -0.2) is 4.39 Å². The predicted octanol–water partition coefficient (Wildman–Crippen LogP) is 4.00. The number of para-hydroxylation sites is 1. The Morgan fingerprint density at radius 2 is 1.90 bits per heavy atom. The number of anilines is 2. The summed E-state index contributed by atoms with van der Waals surface area (Å²) in [6, 6.07) is 12.6. The number of carbonyl (C=O) groups excluding carboxylic acids is 2. The molecule has 10 heteroatoms. The number of carbonyl (C=O) groups is 2. The van der Waals surface area contributed by atoms with Crippen LogP contribution in [0.3, 0.4) is 0 Å². The Morgan fingerprint density at radius 3 is 2.63 bits per heavy atom. The van der Waals surface area contributed by atoms with E-state index < -0.39 is 5.82 Å². The van der Waals surface area contributed by atoms with Crippen molar-refractivity contribution in [2.75, 3.05) is 16.4 Å². The molecular weight excluding hydrogens is 429 g/mol. The monoisotopic (exact) mass is 447 g/mol. The number of halogens is 2. The predicted molar refractivity (Wildman–Crippen MR) is 115 cm³/mol. The first-order valence-corrected chi connectivity index (χ1v) is 10.5. The van der Waals surface area contributed by atoms with Crippen molar-refractivity contribution in [3.8, 4) is 0 Å². The van der Waals surface area contributed by atoms with Gasteiger partial charge < -0.3 is 15.2 Å². The summed E-state index contributed by atoms with van der Waals surface area (Å²) in [4.78, 5) is 24.5. The maximum atomic E-state index is 13.2. The third-order valence-corrected chi connectivity index (χ3v) is 5.31. The van der Waals surface area contributed by atoms with Gasteiger partial charge in [-0.05, 0) is 37.3 Å². The minimum atomic E-state index is -0.425. The van der Waals surface area contributed by atoms with E-state index >= 15 is 0 Å². The van der Waals surface area contributed by atoms with Crippen molar-refractivity contribution in [1.29, 1.82) is 0 Å². The van der Waals surface area contributed by atoms with Gasteiger partial charge in [0, 0.05) is 12.2 Å². The molecule has 1 heterocycles. The normalized spacial score (nSPS) is 10.6. The van der Waals surface area contributed by atoms with Crippen LogP contribution < -0.4 is 10.6 Å². The van der Waals surface area contributed by atoms with Crippen LogP contribution in [0.2, 0.25) is 5.02 Å². The molecule has 0 fully saturated rings. The van der Waals surface area contributed by atoms with E-state index in [2.05, 4.69) is 20.8 Å². The first kappa shape index (κ1) is 21.8. The summed E-state index contributed by atoms with van der Waals surface area (Å²) in [5.74, 6) is -0.443. The van der Waals surface area contributed by atoms with Gasteiger partial charge in [0.25, 0.3) is 0 Å². The van der Waals surface area contributed by atoms with Crippen LogP contribution in [0.1, 0.15) is 12.7 Å². The topological polar surface area (TPSA) is 88.9 Å². The summed E-state index contributed by atoms with van der Waals surface area (Å²) in [5, 5.41) is 14.5. The fourth-order valence-electron chi connectivity index (χ4n) is 2.67. The van der Waals surface area contributed by atoms with Gasteiger partial charge in [-0.2, -0.15) is 0 Å². The molecule has 0 aliphatic rings. The summed E-state index contributed by atoms with van der Waals surface area (Å²) >= 11 is 7.25. The van der Waals surface area contributed by atoms with Crippen molar-refractivity contribution in [1.82, 2.24) is 14.8 Å². The summed E-state index contributed by atoms with van der Waals surface area (Å²) in [7, 11) is 0. The Morgan fingerprint density at radius 1 is 1.10 bits per heavy atom. The molecule has 0 unspecified atom stereocenters. The Hall–Kier alpha value is -2.91. The number of hydrogen-bond acceptors (Lipinski definition) is 5. The molecule has 0 bridgehead atoms. The SMILES string of the molecule is CCn1c(CC(=O)Nc2ccccc2Cl)nnc1SCC(=O)Nc1cccc(F)c1. The zero-order chi connectivity index (χ0) is 21.5. The Balaban J connectivity index is 1.59. The number of benzene rings is 2. The maximum absolute atomic E-state index is 13.2. The molecule has 0 saturated heterocycles. The molecule has 30 heavy (non-hydrogen) atoms. The van der Waals surface area contributed by atoms with Gasteiger partial charge in [-0.15, -0.1) is 10.2 Å². The number of nitrogens with one attached hydrogen (secondary N) is 2. The van der Waals surface area contributed by atoms with Gasteiger partial charge in [0.2, 0.25) is 11.8 Å². The van der Waals surface area contributed by atoms with Crippen molar-refractivity contribution in [3.05, 3.63) is 65.2 Å². The van der Waals surface area contributed by atoms with Crippen molar-refractivity contribution < 1.29 is 14.0 Å². The highest BCUT2D eigenvalue weighted by molar-refractivity contribution is 7.99. The molecule has 0 radical (unpaired) electrons. The van der Waals surface area contributed by atoms with Crippen LogP contribution >= 0.6 is 23.4 Å². The Bertz CT molecular complexity index is 1060. The molecule has 2 amide bonds. The minimum absolute atomic E-state index is 0.0160. The van der Waals surface area contributed by atoms with E-state index in [1.54, 1.807) is 34.9 Å². The molecule has 0 atom stereocenters. The fourth-order valence-corrected chi connectivity index (χ4v) is 3.67. The minimum Gasteiger partial charge on any atom is -0.325 e. The van der Waals surface area contributed by atoms with Crippen molar-refractivity contribution in [3.63, 3.8) is 0 Å². The van der Waals surface area contributed by atoms with Crippen LogP contribution in [0.25, 0.3) is 0 Å². The molecular formula is C20H19ClFN5O2S. The zero-order valence-electron chi connectivity index (χ0n) is 16.1. The molecule has 2 aromatic carbocycles. The molecule has 2 N–H and O–H groups in total. The van der Waals surface area contributed by atoms with Gasteiger partial charge >= 0.3 is 0 Å². The molecule has 0 saturated carbocycles. The molecule has 0 spiro atoms. The van der Waals surface area contributed by atoms with E-state index in [0.717, 1.165) is 0 Å². The third kappa shape index (κ3) is 5.80. The number of aromatic nitrogens is 3. The first-order valence-electron chi connectivity index (χ1n) is 9.11. The van der Waals surface area contributed by atoms with Crippen LogP contribution in [-0.2, 0) is 22.6 Å². The molecule has 3 rings (SSSR count). The van der Waals surface area contributed by atoms with Crippen LogP contribution in [-0.4, -0.2) is 32.3 Å². The van der Waals surface area contributed by atoms with Crippen molar-refractivity contribution in [2.45, 2.75) is 25.0 Å². The highest BCUT2D eigenvalue weighted by atomic mass is 35.5. The highest BCUT2D eigenvalue weighted by Gasteiger charge is 2.16. The van der Waals surface area contributed by atoms with Crippen LogP contribution in [0.5, 0.6) is 0 Å². The van der Waals surface area contributed by atoms with Crippen molar-refractivity contribution >= 4 is 46.6 Å². The average molecular weight is 448 g/mol. The maximum Gasteiger partial charge on any atom is 0.234 e. The van der Waals surface area contributed by atoms with Crippen LogP contribution in [0.15, 0.2) is 53.7 Å². The molecule has 1 aromatic heterocycles. The van der Waals surface area contributed by atoms with Gasteiger partial charge in [-0.3, -0.25) is 9.59 Å². The summed E-state index contributed by atoms with van der Waals surface area (Å²) < 4.78 is 15.0. The molecule has 0 aliphatic heterocycles. The molecule has 3 aromatic rings. The van der Waals surface area contributed by atoms with E-state index in [4.69, 9.17) is 11.6 Å². The zero-order valence-corrected chi connectivity index (χ0v) is 17.6. The van der Waals surface area contributed by atoms with E-state index in [0.29, 0.717) is 33.9 Å². The second-order valence-corrected chi connectivity index (χ2v) is 7.54. The number of amides is 2. The largest absolute Gasteiger partial charge is 0.325 e. The summed E-state index contributed by atoms with van der Waals surface area (Å²) in [6.07, 6.45) is 0.0160. The summed E-state index contributed by atoms with van der Waals surface area (Å²) in [6.45, 7) is 2.44. The molecule has 0 aliphatic carbocycles. The Kier molecular flexibility index (Phi) is 7.42. The quantitative estimate of drug-likeness (QED) is 0.509. The van der Waals surface area contributed by atoms with E-state index in [-0.39, 0.29) is 24.0 Å². The van der Waals surface area contributed by atoms with Crippen LogP contribution in [0, 0.1) is 5.82 Å². The van der Waals surface area contributed by atoms with Gasteiger partial charge in [0.15, 0.2) is 5.16 Å². The number of rotatable bonds is 8. The highest BCUT2D eigenvalue weighted by Crippen LogP contribution is 2.21. The molecule has 156 valence electrons. The second kappa shape index (κ2) is 10.2. The lowest BCUT2D eigenvalue weighted by Crippen LogP contribution is -2.18. The van der Waals surface area contributed by atoms with Gasteiger partial charge in [-0.1, -0.05) is 41.6 Å². The standard InChI is InChI=1S/C20H19ClFN5O2S/c1-2-27-17(11-18(28)24-16-9-4-3-8-15(16)21)25-26-20(27)30-12-19(29)23-14-7-5-6-13(22)10-14/h3-10H,2,11-12H2,1H3,(H,23,29)(H,24,28). The lowest BCUT2D eigenvalue weighted by atomic mass is 10.3. The van der Waals surface area contributed by atoms with E-state index in [9.17, 15) is 14.0 Å². The first-order chi connectivity index (χ1) is 14.5. The van der Waals surface area contributed by atoms with E-state index in [1.807, 2.05) is 6.92 Å². The number of thioether (sulfide) groups is 1. The Labute approximate surface area is 182 Å². The smallest absolute Gasteiger partial charge is 0.234 e. The van der Waals surface area contributed by atoms with Gasteiger partial charge in [0.1, 0.15) is 11.6 Å².